The van der Waals surface area contributed by atoms with Gasteiger partial charge in [0.05, 0.1) is 0 Å². The van der Waals surface area contributed by atoms with E-state index in [0.29, 0.717) is 6.42 Å². The monoisotopic (exact) mass is 204 g/mol. The van der Waals surface area contributed by atoms with E-state index in [1.165, 1.54) is 0 Å². The van der Waals surface area contributed by atoms with Gasteiger partial charge < -0.3 is 4.79 Å². The Morgan fingerprint density at radius 3 is 3.07 bits per heavy atom. The van der Waals surface area contributed by atoms with Crippen LogP contribution in [0.4, 0.5) is 0 Å². The van der Waals surface area contributed by atoms with E-state index in [1.54, 1.807) is 6.08 Å². The zero-order valence-electron chi connectivity index (χ0n) is 8.82. The molecule has 3 atom stereocenters. The fraction of sp³-hybridized carbons (Fsp3) is 0.538. The third-order valence-electron chi connectivity index (χ3n) is 3.92. The lowest BCUT2D eigenvalue weighted by molar-refractivity contribution is -0.118. The second-order valence-corrected chi connectivity index (χ2v) is 4.67. The van der Waals surface area contributed by atoms with E-state index in [0.717, 1.165) is 25.5 Å². The molecule has 1 saturated carbocycles. The van der Waals surface area contributed by atoms with Crippen LogP contribution in [0.1, 0.15) is 25.7 Å². The molecule has 0 heterocycles. The van der Waals surface area contributed by atoms with Crippen LogP contribution < -0.4 is 0 Å². The molecule has 15 heavy (non-hydrogen) atoms. The first-order chi connectivity index (χ1) is 7.22. The number of hydrogen-bond donors (Lipinski definition) is 0. The molecular weight excluding hydrogens is 188 g/mol. The van der Waals surface area contributed by atoms with Crippen molar-refractivity contribution < 1.29 is 9.59 Å². The summed E-state index contributed by atoms with van der Waals surface area (Å²) in [6, 6.07) is 0. The van der Waals surface area contributed by atoms with Gasteiger partial charge in [-0.05, 0) is 36.7 Å². The maximum atomic E-state index is 11.4. The first-order valence-corrected chi connectivity index (χ1v) is 5.50. The van der Waals surface area contributed by atoms with Gasteiger partial charge in [0.15, 0.2) is 5.78 Å². The highest BCUT2D eigenvalue weighted by Gasteiger charge is 2.47. The van der Waals surface area contributed by atoms with Crippen LogP contribution in [0.15, 0.2) is 24.8 Å². The highest BCUT2D eigenvalue weighted by atomic mass is 16.1. The molecule has 0 aliphatic heterocycles. The predicted molar refractivity (Wildman–Crippen MR) is 58.3 cm³/mol. The lowest BCUT2D eigenvalue weighted by atomic mass is 9.68. The number of ketones is 1. The van der Waals surface area contributed by atoms with E-state index in [1.807, 2.05) is 12.2 Å². The minimum absolute atomic E-state index is 0.0429. The van der Waals surface area contributed by atoms with Crippen LogP contribution in [0.5, 0.6) is 0 Å². The quantitative estimate of drug-likeness (QED) is 0.522. The highest BCUT2D eigenvalue weighted by Crippen LogP contribution is 2.53. The summed E-state index contributed by atoms with van der Waals surface area (Å²) in [6.45, 7) is 3.77. The number of fused-ring (bicyclic) bond motifs is 1. The van der Waals surface area contributed by atoms with Gasteiger partial charge >= 0.3 is 0 Å². The fourth-order valence-corrected chi connectivity index (χ4v) is 3.11. The lowest BCUT2D eigenvalue weighted by Crippen LogP contribution is -2.31. The van der Waals surface area contributed by atoms with Crippen LogP contribution in [0.2, 0.25) is 0 Å². The van der Waals surface area contributed by atoms with Crippen LogP contribution >= 0.6 is 0 Å². The molecule has 2 nitrogen and oxygen atoms in total. The van der Waals surface area contributed by atoms with Crippen LogP contribution in [0, 0.1) is 17.3 Å². The largest absolute Gasteiger partial charge is 0.303 e. The maximum absolute atomic E-state index is 11.4. The van der Waals surface area contributed by atoms with Gasteiger partial charge in [0.1, 0.15) is 6.29 Å². The molecule has 0 spiro atoms. The minimum atomic E-state index is 0.0429. The molecular formula is C13H16O2. The van der Waals surface area contributed by atoms with E-state index in [4.69, 9.17) is 0 Å². The molecule has 0 unspecified atom stereocenters. The number of aldehydes is 1. The van der Waals surface area contributed by atoms with Gasteiger partial charge in [-0.1, -0.05) is 12.2 Å². The Hall–Kier alpha value is -1.18. The molecule has 2 aliphatic carbocycles. The number of carbonyl (C=O) groups is 2. The molecule has 80 valence electrons. The maximum Gasteiger partial charge on any atom is 0.155 e. The van der Waals surface area contributed by atoms with Gasteiger partial charge in [0, 0.05) is 12.3 Å². The highest BCUT2D eigenvalue weighted by molar-refractivity contribution is 5.91. The second-order valence-electron chi connectivity index (χ2n) is 4.67. The first kappa shape index (κ1) is 10.3. The van der Waals surface area contributed by atoms with Crippen molar-refractivity contribution in [1.29, 1.82) is 0 Å². The van der Waals surface area contributed by atoms with Gasteiger partial charge in [-0.2, -0.15) is 0 Å². The van der Waals surface area contributed by atoms with Crippen molar-refractivity contribution in [3.63, 3.8) is 0 Å². The van der Waals surface area contributed by atoms with Crippen LogP contribution in [-0.4, -0.2) is 12.1 Å². The van der Waals surface area contributed by atoms with Gasteiger partial charge in [0.2, 0.25) is 0 Å². The Balaban J connectivity index is 2.33. The molecule has 0 amide bonds. The smallest absolute Gasteiger partial charge is 0.155 e. The molecule has 0 bridgehead atoms. The molecule has 0 aromatic heterocycles. The Labute approximate surface area is 90.1 Å². The summed E-state index contributed by atoms with van der Waals surface area (Å²) < 4.78 is 0. The van der Waals surface area contributed by atoms with E-state index in [2.05, 4.69) is 6.58 Å². The summed E-state index contributed by atoms with van der Waals surface area (Å²) in [4.78, 5) is 22.3. The average molecular weight is 204 g/mol. The molecule has 1 fully saturated rings. The first-order valence-electron chi connectivity index (χ1n) is 5.50. The van der Waals surface area contributed by atoms with Gasteiger partial charge in [0.25, 0.3) is 0 Å². The summed E-state index contributed by atoms with van der Waals surface area (Å²) >= 11 is 0. The lowest BCUT2D eigenvalue weighted by Gasteiger charge is -2.35. The summed E-state index contributed by atoms with van der Waals surface area (Å²) in [6.07, 6.45) is 9.99. The van der Waals surface area contributed by atoms with Crippen molar-refractivity contribution in [2.24, 2.45) is 17.3 Å². The Bertz CT molecular complexity index is 329. The van der Waals surface area contributed by atoms with Crippen molar-refractivity contribution in [3.05, 3.63) is 24.8 Å². The Morgan fingerprint density at radius 2 is 2.40 bits per heavy atom. The zero-order chi connectivity index (χ0) is 10.9. The van der Waals surface area contributed by atoms with E-state index >= 15 is 0 Å². The number of carbonyl (C=O) groups excluding carboxylic acids is 2. The van der Waals surface area contributed by atoms with Gasteiger partial charge in [-0.15, -0.1) is 6.58 Å². The topological polar surface area (TPSA) is 34.1 Å². The molecule has 2 rings (SSSR count). The van der Waals surface area contributed by atoms with Crippen molar-refractivity contribution in [3.8, 4) is 0 Å². The van der Waals surface area contributed by atoms with Crippen molar-refractivity contribution in [1.82, 2.24) is 0 Å². The van der Waals surface area contributed by atoms with E-state index in [9.17, 15) is 9.59 Å². The number of allylic oxidation sites excluding steroid dienone is 3. The van der Waals surface area contributed by atoms with Crippen molar-refractivity contribution >= 4 is 12.1 Å². The normalized spacial score (nSPS) is 38.8. The van der Waals surface area contributed by atoms with Gasteiger partial charge in [-0.3, -0.25) is 4.79 Å². The van der Waals surface area contributed by atoms with Crippen LogP contribution in [0.3, 0.4) is 0 Å². The Kier molecular flexibility index (Phi) is 2.59. The molecule has 0 radical (unpaired) electrons. The molecule has 2 aliphatic rings. The summed E-state index contributed by atoms with van der Waals surface area (Å²) in [7, 11) is 0. The molecule has 0 aromatic rings. The summed E-state index contributed by atoms with van der Waals surface area (Å²) in [5, 5.41) is 0. The number of rotatable bonds is 3. The molecule has 0 saturated heterocycles. The van der Waals surface area contributed by atoms with Crippen molar-refractivity contribution in [2.45, 2.75) is 25.7 Å². The summed E-state index contributed by atoms with van der Waals surface area (Å²) in [5.41, 5.74) is 0.0429. The Morgan fingerprint density at radius 1 is 1.60 bits per heavy atom. The zero-order valence-corrected chi connectivity index (χ0v) is 8.82. The van der Waals surface area contributed by atoms with Crippen LogP contribution in [-0.2, 0) is 9.59 Å². The third-order valence-corrected chi connectivity index (χ3v) is 3.92. The predicted octanol–water partition coefficient (Wildman–Crippen LogP) is 2.30. The van der Waals surface area contributed by atoms with Crippen LogP contribution in [0.25, 0.3) is 0 Å². The second kappa shape index (κ2) is 3.76. The molecule has 2 heteroatoms. The van der Waals surface area contributed by atoms with Crippen molar-refractivity contribution in [2.75, 3.05) is 0 Å². The molecule has 0 N–H and O–H groups in total. The average Bonchev–Trinajstić information content (AvgIpc) is 2.57. The SMILES string of the molecule is C=CC[C@]12C=CC(=O)C[C@H]1[C@@H](C=O)CC2. The third kappa shape index (κ3) is 1.58. The van der Waals surface area contributed by atoms with E-state index < -0.39 is 0 Å². The molecule has 0 aromatic carbocycles. The van der Waals surface area contributed by atoms with E-state index in [-0.39, 0.29) is 23.0 Å². The minimum Gasteiger partial charge on any atom is -0.303 e. The summed E-state index contributed by atoms with van der Waals surface area (Å²) in [5.74, 6) is 0.442. The fourth-order valence-electron chi connectivity index (χ4n) is 3.11. The number of hydrogen-bond acceptors (Lipinski definition) is 2. The van der Waals surface area contributed by atoms with Gasteiger partial charge in [-0.25, -0.2) is 0 Å². The standard InChI is InChI=1S/C13H16O2/c1-2-5-13-6-3-10(9-14)12(13)8-11(15)4-7-13/h2,4,7,9-10,12H,1,3,5-6,8H2/t10-,12+,13+/m1/s1.